The van der Waals surface area contributed by atoms with Crippen molar-refractivity contribution in [3.05, 3.63) is 99.0 Å². The summed E-state index contributed by atoms with van der Waals surface area (Å²) in [5.41, 5.74) is 2.57. The number of halogens is 1. The lowest BCUT2D eigenvalue weighted by Gasteiger charge is -2.23. The van der Waals surface area contributed by atoms with Gasteiger partial charge in [-0.15, -0.1) is 0 Å². The Bertz CT molecular complexity index is 1190. The van der Waals surface area contributed by atoms with Crippen molar-refractivity contribution >= 4 is 33.3 Å². The summed E-state index contributed by atoms with van der Waals surface area (Å²) in [6.07, 6.45) is -0.303. The zero-order valence-electron chi connectivity index (χ0n) is 18.4. The molecule has 0 bridgehead atoms. The Hall–Kier alpha value is -2.76. The number of Topliss-reactive ketones (excluding diaryl/α,β-unsaturated/α-hetero) is 1. The van der Waals surface area contributed by atoms with Gasteiger partial charge in [-0.2, -0.15) is 0 Å². The Kier molecular flexibility index (Phi) is 6.06. The molecule has 0 saturated carbocycles. The lowest BCUT2D eigenvalue weighted by Crippen LogP contribution is -2.41. The number of nitrogens with zero attached hydrogens (tertiary/aromatic N) is 1. The zero-order chi connectivity index (χ0) is 23.0. The van der Waals surface area contributed by atoms with Crippen LogP contribution in [0.2, 0.25) is 0 Å². The molecule has 5 heteroatoms. The molecule has 1 aliphatic heterocycles. The lowest BCUT2D eigenvalue weighted by atomic mass is 9.86. The molecule has 4 nitrogen and oxygen atoms in total. The maximum absolute atomic E-state index is 13.5. The Morgan fingerprint density at radius 2 is 1.78 bits per heavy atom. The SMILES string of the molecule is Cc1ccc(C(C)C)cc1C(=O)CC1(O)C(=O)N(Cc2ccccc2)c2ccc(Br)cc21. The van der Waals surface area contributed by atoms with Crippen molar-refractivity contribution in [3.63, 3.8) is 0 Å². The number of fused-ring (bicyclic) bond motifs is 1. The fraction of sp³-hybridized carbons (Fsp3) is 0.259. The number of carbonyl (C=O) groups is 2. The normalized spacial score (nSPS) is 17.7. The molecule has 1 N–H and O–H groups in total. The first kappa shape index (κ1) is 22.4. The maximum atomic E-state index is 13.5. The number of hydrogen-bond acceptors (Lipinski definition) is 3. The van der Waals surface area contributed by atoms with Crippen LogP contribution in [-0.2, 0) is 16.9 Å². The number of anilines is 1. The smallest absolute Gasteiger partial charge is 0.264 e. The number of benzene rings is 3. The minimum absolute atomic E-state index is 0.242. The van der Waals surface area contributed by atoms with Crippen molar-refractivity contribution in [1.29, 1.82) is 0 Å². The molecule has 164 valence electrons. The first-order chi connectivity index (χ1) is 15.2. The summed E-state index contributed by atoms with van der Waals surface area (Å²) < 4.78 is 0.745. The van der Waals surface area contributed by atoms with Gasteiger partial charge in [0.25, 0.3) is 5.91 Å². The Balaban J connectivity index is 1.72. The Morgan fingerprint density at radius 3 is 2.47 bits per heavy atom. The van der Waals surface area contributed by atoms with E-state index in [1.54, 1.807) is 11.0 Å². The van der Waals surface area contributed by atoms with Crippen LogP contribution in [0, 0.1) is 6.92 Å². The second-order valence-corrected chi connectivity index (χ2v) is 9.64. The average molecular weight is 492 g/mol. The van der Waals surface area contributed by atoms with Gasteiger partial charge in [0.05, 0.1) is 18.7 Å². The number of hydrogen-bond donors (Lipinski definition) is 1. The molecular formula is C27H26BrNO3. The molecule has 0 aromatic heterocycles. The van der Waals surface area contributed by atoms with Crippen LogP contribution in [0.15, 0.2) is 71.2 Å². The lowest BCUT2D eigenvalue weighted by molar-refractivity contribution is -0.136. The minimum atomic E-state index is -1.91. The van der Waals surface area contributed by atoms with E-state index in [2.05, 4.69) is 29.8 Å². The van der Waals surface area contributed by atoms with Crippen LogP contribution in [0.25, 0.3) is 0 Å². The van der Waals surface area contributed by atoms with Crippen LogP contribution in [0.4, 0.5) is 5.69 Å². The highest BCUT2D eigenvalue weighted by Gasteiger charge is 2.51. The topological polar surface area (TPSA) is 57.6 Å². The summed E-state index contributed by atoms with van der Waals surface area (Å²) in [6.45, 7) is 6.35. The van der Waals surface area contributed by atoms with Gasteiger partial charge in [-0.3, -0.25) is 9.59 Å². The first-order valence-electron chi connectivity index (χ1n) is 10.7. The highest BCUT2D eigenvalue weighted by molar-refractivity contribution is 9.10. The van der Waals surface area contributed by atoms with Crippen LogP contribution >= 0.6 is 15.9 Å². The van der Waals surface area contributed by atoms with Gasteiger partial charge in [-0.25, -0.2) is 0 Å². The summed E-state index contributed by atoms with van der Waals surface area (Å²) in [5, 5.41) is 11.7. The molecule has 0 fully saturated rings. The van der Waals surface area contributed by atoms with Crippen molar-refractivity contribution < 1.29 is 14.7 Å². The van der Waals surface area contributed by atoms with Gasteiger partial charge in [0.2, 0.25) is 0 Å². The third kappa shape index (κ3) is 4.03. The van der Waals surface area contributed by atoms with E-state index in [4.69, 9.17) is 0 Å². The van der Waals surface area contributed by atoms with Crippen molar-refractivity contribution in [2.75, 3.05) is 4.90 Å². The molecule has 32 heavy (non-hydrogen) atoms. The second kappa shape index (κ2) is 8.64. The van der Waals surface area contributed by atoms with Crippen LogP contribution < -0.4 is 4.90 Å². The van der Waals surface area contributed by atoms with Crippen molar-refractivity contribution in [2.45, 2.75) is 45.3 Å². The first-order valence-corrected chi connectivity index (χ1v) is 11.5. The molecule has 0 radical (unpaired) electrons. The van der Waals surface area contributed by atoms with E-state index in [0.717, 1.165) is 21.2 Å². The average Bonchev–Trinajstić information content (AvgIpc) is 2.96. The van der Waals surface area contributed by atoms with Gasteiger partial charge in [-0.05, 0) is 53.8 Å². The monoisotopic (exact) mass is 491 g/mol. The number of ketones is 1. The van der Waals surface area contributed by atoms with E-state index in [1.807, 2.05) is 67.6 Å². The maximum Gasteiger partial charge on any atom is 0.264 e. The molecular weight excluding hydrogens is 466 g/mol. The minimum Gasteiger partial charge on any atom is -0.375 e. The van der Waals surface area contributed by atoms with Crippen LogP contribution in [0.5, 0.6) is 0 Å². The van der Waals surface area contributed by atoms with Crippen molar-refractivity contribution in [3.8, 4) is 0 Å². The fourth-order valence-corrected chi connectivity index (χ4v) is 4.60. The summed E-state index contributed by atoms with van der Waals surface area (Å²) in [5.74, 6) is -0.440. The third-order valence-electron chi connectivity index (χ3n) is 6.12. The molecule has 0 aliphatic carbocycles. The molecule has 4 rings (SSSR count). The number of carbonyl (C=O) groups excluding carboxylic acids is 2. The fourth-order valence-electron chi connectivity index (χ4n) is 4.24. The van der Waals surface area contributed by atoms with Crippen LogP contribution in [0.1, 0.15) is 58.8 Å². The molecule has 1 unspecified atom stereocenters. The van der Waals surface area contributed by atoms with Gasteiger partial charge in [0.15, 0.2) is 11.4 Å². The van der Waals surface area contributed by atoms with E-state index in [9.17, 15) is 14.7 Å². The van der Waals surface area contributed by atoms with Crippen LogP contribution in [-0.4, -0.2) is 16.8 Å². The third-order valence-corrected chi connectivity index (χ3v) is 6.62. The van der Waals surface area contributed by atoms with E-state index >= 15 is 0 Å². The van der Waals surface area contributed by atoms with Gasteiger partial charge in [0, 0.05) is 15.6 Å². The molecule has 3 aromatic rings. The molecule has 1 atom stereocenters. The van der Waals surface area contributed by atoms with Gasteiger partial charge in [-0.1, -0.05) is 72.2 Å². The summed E-state index contributed by atoms with van der Waals surface area (Å²) in [6, 6.07) is 20.8. The van der Waals surface area contributed by atoms with Crippen LogP contribution in [0.3, 0.4) is 0 Å². The van der Waals surface area contributed by atoms with E-state index in [0.29, 0.717) is 23.4 Å². The highest BCUT2D eigenvalue weighted by atomic mass is 79.9. The summed E-state index contributed by atoms with van der Waals surface area (Å²) in [7, 11) is 0. The predicted molar refractivity (Wildman–Crippen MR) is 130 cm³/mol. The van der Waals surface area contributed by atoms with E-state index < -0.39 is 11.5 Å². The molecule has 0 spiro atoms. The summed E-state index contributed by atoms with van der Waals surface area (Å²) >= 11 is 3.45. The predicted octanol–water partition coefficient (Wildman–Crippen LogP) is 5.89. The molecule has 3 aromatic carbocycles. The number of aliphatic hydroxyl groups is 1. The number of rotatable bonds is 6. The van der Waals surface area contributed by atoms with Crippen molar-refractivity contribution in [1.82, 2.24) is 0 Å². The Morgan fingerprint density at radius 1 is 1.06 bits per heavy atom. The molecule has 1 aliphatic rings. The molecule has 1 amide bonds. The van der Waals surface area contributed by atoms with Gasteiger partial charge in [0.1, 0.15) is 0 Å². The highest BCUT2D eigenvalue weighted by Crippen LogP contribution is 2.45. The second-order valence-electron chi connectivity index (χ2n) is 8.73. The van der Waals surface area contributed by atoms with E-state index in [1.165, 1.54) is 0 Å². The van der Waals surface area contributed by atoms with Crippen molar-refractivity contribution in [2.24, 2.45) is 0 Å². The quantitative estimate of drug-likeness (QED) is 0.437. The standard InChI is InChI=1S/C27H26BrNO3/c1-17(2)20-10-9-18(3)22(13-20)25(30)15-27(32)23-14-21(28)11-12-24(23)29(26(27)31)16-19-7-5-4-6-8-19/h4-14,17,32H,15-16H2,1-3H3. The number of aryl methyl sites for hydroxylation is 1. The number of amides is 1. The largest absolute Gasteiger partial charge is 0.375 e. The van der Waals surface area contributed by atoms with E-state index in [-0.39, 0.29) is 18.1 Å². The molecule has 0 saturated heterocycles. The Labute approximate surface area is 197 Å². The molecule has 1 heterocycles. The van der Waals surface area contributed by atoms with Gasteiger partial charge >= 0.3 is 0 Å². The van der Waals surface area contributed by atoms with Gasteiger partial charge < -0.3 is 10.0 Å². The summed E-state index contributed by atoms with van der Waals surface area (Å²) in [4.78, 5) is 28.5. The zero-order valence-corrected chi connectivity index (χ0v) is 20.0.